The minimum atomic E-state index is -3.11. The van der Waals surface area contributed by atoms with Crippen molar-refractivity contribution in [1.82, 2.24) is 0 Å². The smallest absolute Gasteiger partial charge is 1.00 e. The van der Waals surface area contributed by atoms with Crippen molar-refractivity contribution in [3.05, 3.63) is 162 Å². The Morgan fingerprint density at radius 1 is 0.680 bits per heavy atom. The average Bonchev–Trinajstić information content (AvgIpc) is 3.79. The summed E-state index contributed by atoms with van der Waals surface area (Å²) in [4.78, 5) is 0. The molecule has 4 aromatic rings. The second-order valence-electron chi connectivity index (χ2n) is 16.2. The molecule has 50 heavy (non-hydrogen) atoms. The summed E-state index contributed by atoms with van der Waals surface area (Å²) in [5.41, 5.74) is 14.3. The van der Waals surface area contributed by atoms with Gasteiger partial charge in [0.25, 0.3) is 0 Å². The van der Waals surface area contributed by atoms with E-state index in [1.165, 1.54) is 56.6 Å². The van der Waals surface area contributed by atoms with Gasteiger partial charge < -0.3 is 24.8 Å². The molecule has 0 N–H and O–H groups in total. The maximum absolute atomic E-state index is 14.5. The molecule has 254 valence electrons. The van der Waals surface area contributed by atoms with Gasteiger partial charge in [0.05, 0.1) is 0 Å². The van der Waals surface area contributed by atoms with E-state index in [-0.39, 0.29) is 56.3 Å². The summed E-state index contributed by atoms with van der Waals surface area (Å²) < 4.78 is 32.1. The van der Waals surface area contributed by atoms with Gasteiger partial charge in [-0.1, -0.05) is 0 Å². The van der Waals surface area contributed by atoms with E-state index in [2.05, 4.69) is 109 Å². The molecule has 4 aliphatic rings. The molecule has 0 amide bonds. The fraction of sp³-hybridized carbons (Fsp3) is 0.267. The molecule has 0 heterocycles. The van der Waals surface area contributed by atoms with Crippen molar-refractivity contribution >= 4 is 15.4 Å². The van der Waals surface area contributed by atoms with Crippen molar-refractivity contribution in [2.24, 2.45) is 5.41 Å². The van der Waals surface area contributed by atoms with Gasteiger partial charge in [-0.3, -0.25) is 0 Å². The minimum Gasteiger partial charge on any atom is -1.00 e. The largest absolute Gasteiger partial charge is 1.00 e. The summed E-state index contributed by atoms with van der Waals surface area (Å²) in [6.45, 7) is 16.1. The van der Waals surface area contributed by atoms with E-state index < -0.39 is 21.3 Å². The zero-order valence-corrected chi connectivity index (χ0v) is 33.7. The van der Waals surface area contributed by atoms with Crippen molar-refractivity contribution in [2.45, 2.75) is 69.3 Å². The number of hydrogen-bond donors (Lipinski definition) is 0. The van der Waals surface area contributed by atoms with Crippen LogP contribution < -0.4 is 24.8 Å². The van der Waals surface area contributed by atoms with Crippen LogP contribution in [0, 0.1) is 17.0 Å². The molecule has 0 saturated carbocycles. The second-order valence-corrected chi connectivity index (χ2v) is 22.4. The second kappa shape index (κ2) is 12.9. The maximum Gasteiger partial charge on any atom is -1.00 e. The first-order valence-corrected chi connectivity index (χ1v) is 21.0. The number of fused-ring (bicyclic) bond motifs is 5. The Labute approximate surface area is 316 Å². The molecule has 4 aliphatic carbocycles. The monoisotopic (exact) mass is 780 g/mol. The molecule has 0 spiro atoms. The number of halogens is 4. The molecule has 4 aromatic carbocycles. The van der Waals surface area contributed by atoms with Gasteiger partial charge in [0.15, 0.2) is 0 Å². The van der Waals surface area contributed by atoms with Gasteiger partial charge in [0.2, 0.25) is 0 Å². The molecule has 0 nitrogen and oxygen atoms in total. The molecular formula is C45H42Cl2F2Zr. The van der Waals surface area contributed by atoms with Crippen molar-refractivity contribution in [3.8, 4) is 11.1 Å². The molecule has 0 fully saturated rings. The van der Waals surface area contributed by atoms with Gasteiger partial charge in [-0.25, -0.2) is 0 Å². The van der Waals surface area contributed by atoms with E-state index in [1.807, 2.05) is 24.3 Å². The van der Waals surface area contributed by atoms with Gasteiger partial charge >= 0.3 is 293 Å². The van der Waals surface area contributed by atoms with Crippen molar-refractivity contribution in [1.29, 1.82) is 0 Å². The Morgan fingerprint density at radius 2 is 1.12 bits per heavy atom. The van der Waals surface area contributed by atoms with Crippen molar-refractivity contribution < 1.29 is 54.9 Å². The first kappa shape index (κ1) is 36.8. The summed E-state index contributed by atoms with van der Waals surface area (Å²) in [7, 11) is 0. The van der Waals surface area contributed by atoms with Gasteiger partial charge in [-0.05, 0) is 0 Å². The molecule has 0 aliphatic heterocycles. The van der Waals surface area contributed by atoms with Crippen LogP contribution in [0.3, 0.4) is 0 Å². The van der Waals surface area contributed by atoms with Crippen LogP contribution in [0.4, 0.5) is 8.78 Å². The Balaban J connectivity index is 0.00000216. The number of hydrogen-bond acceptors (Lipinski definition) is 0. The molecule has 0 unspecified atom stereocenters. The van der Waals surface area contributed by atoms with Crippen LogP contribution in [0.1, 0.15) is 103 Å². The molecule has 0 atom stereocenters. The first-order valence-electron chi connectivity index (χ1n) is 17.1. The van der Waals surface area contributed by atoms with Crippen LogP contribution in [0.2, 0.25) is 0 Å². The van der Waals surface area contributed by atoms with E-state index in [9.17, 15) is 8.78 Å². The van der Waals surface area contributed by atoms with Crippen molar-refractivity contribution in [2.75, 3.05) is 0 Å². The minimum absolute atomic E-state index is 0. The van der Waals surface area contributed by atoms with Gasteiger partial charge in [-0.15, -0.1) is 0 Å². The van der Waals surface area contributed by atoms with Crippen LogP contribution in [0.25, 0.3) is 23.3 Å². The van der Waals surface area contributed by atoms with Crippen LogP contribution in [0.15, 0.2) is 106 Å². The van der Waals surface area contributed by atoms with Crippen LogP contribution in [-0.2, 0) is 32.1 Å². The first-order chi connectivity index (χ1) is 22.7. The summed E-state index contributed by atoms with van der Waals surface area (Å²) >= 11 is -3.11. The Kier molecular flexibility index (Phi) is 9.51. The van der Waals surface area contributed by atoms with Crippen LogP contribution in [0.5, 0.6) is 0 Å². The predicted molar refractivity (Wildman–Crippen MR) is 194 cm³/mol. The third-order valence-electron chi connectivity index (χ3n) is 11.0. The summed E-state index contributed by atoms with van der Waals surface area (Å²) in [5.74, 6) is -0.488. The molecule has 5 heteroatoms. The molecule has 0 aromatic heterocycles. The van der Waals surface area contributed by atoms with E-state index in [4.69, 9.17) is 0 Å². The fourth-order valence-electron chi connectivity index (χ4n) is 8.29. The third-order valence-corrected chi connectivity index (χ3v) is 19.3. The number of benzene rings is 4. The van der Waals surface area contributed by atoms with Gasteiger partial charge in [0, 0.05) is 0 Å². The van der Waals surface area contributed by atoms with E-state index in [0.717, 1.165) is 17.5 Å². The zero-order chi connectivity index (χ0) is 33.7. The topological polar surface area (TPSA) is 0 Å². The van der Waals surface area contributed by atoms with Crippen LogP contribution in [-0.4, -0.2) is 3.21 Å². The molecular weight excluding hydrogens is 741 g/mol. The van der Waals surface area contributed by atoms with E-state index in [0.29, 0.717) is 0 Å². The molecule has 0 saturated heterocycles. The summed E-state index contributed by atoms with van der Waals surface area (Å²) in [6, 6.07) is 24.1. The average molecular weight is 783 g/mol. The van der Waals surface area contributed by atoms with Gasteiger partial charge in [0.1, 0.15) is 0 Å². The molecule has 0 radical (unpaired) electrons. The number of allylic oxidation sites excluding steroid dienone is 6. The predicted octanol–water partition coefficient (Wildman–Crippen LogP) is 5.80. The SMILES string of the molecule is CC(C)(C)C1=CC[C]([Zr+2](=[C](c2ccc(F)cc2)c2ccc(F)cc2)[CH]2c3cc4c(cc3-c3cc5c(cc32)C(C)(C)C=C5)C=CC4(C)C)=C1.[Cl-].[Cl-]. The Morgan fingerprint density at radius 3 is 1.52 bits per heavy atom. The normalized spacial score (nSPS) is 17.0. The Hall–Kier alpha value is -2.97. The zero-order valence-electron chi connectivity index (χ0n) is 29.7. The number of rotatable bonds is 4. The quantitative estimate of drug-likeness (QED) is 0.246. The fourth-order valence-corrected chi connectivity index (χ4v) is 17.3. The van der Waals surface area contributed by atoms with Crippen molar-refractivity contribution in [3.63, 3.8) is 0 Å². The Bertz CT molecular complexity index is 2060. The van der Waals surface area contributed by atoms with E-state index in [1.54, 1.807) is 24.3 Å². The van der Waals surface area contributed by atoms with Gasteiger partial charge in [-0.2, -0.15) is 0 Å². The standard InChI is InChI=1S/C23H21.C13H8F2.C9H13.2ClH.Zr/c1-22(2)7-5-14-10-18-16(12-20(14)22)9-17-13-21-15(11-19(17)18)6-8-23(21,3)4;14-12-5-1-10(2-6-12)9-11-3-7-13(15)8-4-11;1-9(2,3)8-6-4-5-7-8;;;/h5-13H,1-4H3;1-8H;6-7H,4H2,1-3H3;2*1H;/q;;;;;+2/p-2. The van der Waals surface area contributed by atoms with E-state index >= 15 is 0 Å². The molecule has 0 bridgehead atoms. The maximum atomic E-state index is 14.5. The third kappa shape index (κ3) is 6.06. The molecule has 8 rings (SSSR count). The summed E-state index contributed by atoms with van der Waals surface area (Å²) in [6.07, 6.45) is 15.1. The van der Waals surface area contributed by atoms with Crippen LogP contribution >= 0.6 is 0 Å². The summed E-state index contributed by atoms with van der Waals surface area (Å²) in [5, 5.41) is 0.